The predicted molar refractivity (Wildman–Crippen MR) is 83.2 cm³/mol. The Bertz CT molecular complexity index is 546. The number of hydrogen-bond acceptors (Lipinski definition) is 3. The Hall–Kier alpha value is -1.81. The van der Waals surface area contributed by atoms with Crippen LogP contribution in [0.4, 0.5) is 0 Å². The van der Waals surface area contributed by atoms with Crippen molar-refractivity contribution in [2.45, 2.75) is 38.3 Å². The lowest BCUT2D eigenvalue weighted by Crippen LogP contribution is -2.28. The summed E-state index contributed by atoms with van der Waals surface area (Å²) < 4.78 is 5.25. The number of aromatic nitrogens is 2. The summed E-state index contributed by atoms with van der Waals surface area (Å²) in [6.45, 7) is 2.19. The van der Waals surface area contributed by atoms with Gasteiger partial charge in [0.2, 0.25) is 0 Å². The summed E-state index contributed by atoms with van der Waals surface area (Å²) in [5.41, 5.74) is 1.34. The fourth-order valence-electron chi connectivity index (χ4n) is 2.82. The first-order valence-corrected chi connectivity index (χ1v) is 7.71. The van der Waals surface area contributed by atoms with Crippen LogP contribution in [0.2, 0.25) is 0 Å². The van der Waals surface area contributed by atoms with Gasteiger partial charge in [-0.05, 0) is 42.9 Å². The van der Waals surface area contributed by atoms with Crippen LogP contribution in [0.15, 0.2) is 36.7 Å². The Morgan fingerprint density at radius 3 is 2.62 bits per heavy atom. The van der Waals surface area contributed by atoms with Crippen molar-refractivity contribution in [3.8, 4) is 5.75 Å². The van der Waals surface area contributed by atoms with E-state index in [1.54, 1.807) is 7.11 Å². The number of rotatable bonds is 7. The van der Waals surface area contributed by atoms with Gasteiger partial charge in [-0.1, -0.05) is 19.1 Å². The molecule has 0 saturated heterocycles. The van der Waals surface area contributed by atoms with Crippen LogP contribution in [0, 0.1) is 5.92 Å². The first kappa shape index (κ1) is 14.1. The second-order valence-corrected chi connectivity index (χ2v) is 5.69. The molecule has 2 aromatic rings. The van der Waals surface area contributed by atoms with Gasteiger partial charge in [-0.2, -0.15) is 0 Å². The average Bonchev–Trinajstić information content (AvgIpc) is 3.23. The van der Waals surface area contributed by atoms with Gasteiger partial charge in [0, 0.05) is 18.4 Å². The molecule has 2 N–H and O–H groups in total. The average molecular weight is 285 g/mol. The molecular weight excluding hydrogens is 262 g/mol. The van der Waals surface area contributed by atoms with Crippen LogP contribution in [0.5, 0.6) is 5.75 Å². The second-order valence-electron chi connectivity index (χ2n) is 5.69. The van der Waals surface area contributed by atoms with Gasteiger partial charge in [0.15, 0.2) is 0 Å². The minimum atomic E-state index is 0.271. The molecule has 2 atom stereocenters. The number of aromatic amines is 1. The van der Waals surface area contributed by atoms with E-state index in [1.165, 1.54) is 18.4 Å². The normalized spacial score (nSPS) is 17.4. The van der Waals surface area contributed by atoms with Gasteiger partial charge in [-0.15, -0.1) is 0 Å². The molecule has 0 aliphatic heterocycles. The molecule has 4 heteroatoms. The maximum atomic E-state index is 5.25. The Morgan fingerprint density at radius 1 is 1.33 bits per heavy atom. The van der Waals surface area contributed by atoms with Gasteiger partial charge in [0.05, 0.1) is 13.2 Å². The Kier molecular flexibility index (Phi) is 4.25. The zero-order chi connectivity index (χ0) is 14.7. The molecular formula is C17H23N3O. The Balaban J connectivity index is 1.77. The van der Waals surface area contributed by atoms with E-state index in [-0.39, 0.29) is 6.04 Å². The summed E-state index contributed by atoms with van der Waals surface area (Å²) in [5, 5.41) is 3.79. The lowest BCUT2D eigenvalue weighted by Gasteiger charge is -2.24. The van der Waals surface area contributed by atoms with E-state index in [2.05, 4.69) is 34.3 Å². The van der Waals surface area contributed by atoms with E-state index in [9.17, 15) is 0 Å². The Morgan fingerprint density at radius 2 is 2.10 bits per heavy atom. The fraction of sp³-hybridized carbons (Fsp3) is 0.471. The van der Waals surface area contributed by atoms with E-state index in [4.69, 9.17) is 4.74 Å². The number of ether oxygens (including phenoxy) is 1. The van der Waals surface area contributed by atoms with Crippen molar-refractivity contribution < 1.29 is 4.74 Å². The van der Waals surface area contributed by atoms with E-state index < -0.39 is 0 Å². The maximum absolute atomic E-state index is 5.25. The smallest absolute Gasteiger partial charge is 0.123 e. The van der Waals surface area contributed by atoms with Gasteiger partial charge in [0.25, 0.3) is 0 Å². The number of benzene rings is 1. The van der Waals surface area contributed by atoms with Gasteiger partial charge in [0.1, 0.15) is 11.6 Å². The third kappa shape index (κ3) is 3.27. The predicted octanol–water partition coefficient (Wildman–Crippen LogP) is 3.61. The molecule has 1 fully saturated rings. The molecule has 2 unspecified atom stereocenters. The third-order valence-corrected chi connectivity index (χ3v) is 4.21. The summed E-state index contributed by atoms with van der Waals surface area (Å²) in [6.07, 6.45) is 7.34. The molecule has 0 amide bonds. The number of nitrogens with one attached hydrogen (secondary N) is 2. The van der Waals surface area contributed by atoms with E-state index in [1.807, 2.05) is 24.5 Å². The highest BCUT2D eigenvalue weighted by atomic mass is 16.5. The molecule has 1 aliphatic carbocycles. The van der Waals surface area contributed by atoms with Crippen molar-refractivity contribution in [3.63, 3.8) is 0 Å². The van der Waals surface area contributed by atoms with Crippen LogP contribution >= 0.6 is 0 Å². The molecule has 21 heavy (non-hydrogen) atoms. The molecule has 1 aromatic carbocycles. The summed E-state index contributed by atoms with van der Waals surface area (Å²) >= 11 is 0. The minimum absolute atomic E-state index is 0.271. The Labute approximate surface area is 125 Å². The molecule has 1 aliphatic rings. The van der Waals surface area contributed by atoms with Gasteiger partial charge >= 0.3 is 0 Å². The van der Waals surface area contributed by atoms with Gasteiger partial charge < -0.3 is 15.0 Å². The number of imidazole rings is 1. The van der Waals surface area contributed by atoms with E-state index >= 15 is 0 Å². The summed E-state index contributed by atoms with van der Waals surface area (Å²) in [7, 11) is 1.70. The topological polar surface area (TPSA) is 49.9 Å². The molecule has 1 heterocycles. The third-order valence-electron chi connectivity index (χ3n) is 4.21. The standard InChI is InChI=1S/C17H23N3O/c1-3-15(17-18-10-11-19-17)20-16(12-4-5-12)13-6-8-14(21-2)9-7-13/h6-12,15-16,20H,3-5H2,1-2H3,(H,18,19). The van der Waals surface area contributed by atoms with Crippen LogP contribution in [-0.4, -0.2) is 17.1 Å². The summed E-state index contributed by atoms with van der Waals surface area (Å²) in [4.78, 5) is 7.63. The lowest BCUT2D eigenvalue weighted by atomic mass is 10.0. The van der Waals surface area contributed by atoms with Crippen LogP contribution in [0.1, 0.15) is 49.7 Å². The highest BCUT2D eigenvalue weighted by Gasteiger charge is 2.33. The van der Waals surface area contributed by atoms with Crippen molar-refractivity contribution in [2.24, 2.45) is 5.92 Å². The minimum Gasteiger partial charge on any atom is -0.497 e. The molecule has 3 rings (SSSR count). The zero-order valence-electron chi connectivity index (χ0n) is 12.7. The van der Waals surface area contributed by atoms with Crippen LogP contribution in [-0.2, 0) is 0 Å². The monoisotopic (exact) mass is 285 g/mol. The molecule has 0 radical (unpaired) electrons. The van der Waals surface area contributed by atoms with Crippen molar-refractivity contribution in [1.29, 1.82) is 0 Å². The number of hydrogen-bond donors (Lipinski definition) is 2. The summed E-state index contributed by atoms with van der Waals surface area (Å²) in [5.74, 6) is 2.67. The van der Waals surface area contributed by atoms with Gasteiger partial charge in [-0.3, -0.25) is 0 Å². The highest BCUT2D eigenvalue weighted by molar-refractivity contribution is 5.30. The quantitative estimate of drug-likeness (QED) is 0.817. The van der Waals surface area contributed by atoms with E-state index in [0.717, 1.165) is 23.9 Å². The molecule has 112 valence electrons. The highest BCUT2D eigenvalue weighted by Crippen LogP contribution is 2.42. The molecule has 0 bridgehead atoms. The van der Waals surface area contributed by atoms with Crippen LogP contribution in [0.3, 0.4) is 0 Å². The number of nitrogens with zero attached hydrogens (tertiary/aromatic N) is 1. The fourth-order valence-corrected chi connectivity index (χ4v) is 2.82. The number of methoxy groups -OCH3 is 1. The van der Waals surface area contributed by atoms with Crippen molar-refractivity contribution in [3.05, 3.63) is 48.0 Å². The van der Waals surface area contributed by atoms with Crippen molar-refractivity contribution >= 4 is 0 Å². The van der Waals surface area contributed by atoms with Crippen LogP contribution < -0.4 is 10.1 Å². The second kappa shape index (κ2) is 6.31. The molecule has 4 nitrogen and oxygen atoms in total. The SMILES string of the molecule is CCC(NC(c1ccc(OC)cc1)C1CC1)c1ncc[nH]1. The first-order chi connectivity index (χ1) is 10.3. The van der Waals surface area contributed by atoms with Crippen molar-refractivity contribution in [1.82, 2.24) is 15.3 Å². The van der Waals surface area contributed by atoms with E-state index in [0.29, 0.717) is 6.04 Å². The maximum Gasteiger partial charge on any atom is 0.123 e. The first-order valence-electron chi connectivity index (χ1n) is 7.71. The zero-order valence-corrected chi connectivity index (χ0v) is 12.7. The lowest BCUT2D eigenvalue weighted by molar-refractivity contribution is 0.389. The number of H-pyrrole nitrogens is 1. The van der Waals surface area contributed by atoms with Gasteiger partial charge in [-0.25, -0.2) is 4.98 Å². The molecule has 1 aromatic heterocycles. The largest absolute Gasteiger partial charge is 0.497 e. The summed E-state index contributed by atoms with van der Waals surface area (Å²) in [6, 6.07) is 9.09. The van der Waals surface area contributed by atoms with Crippen molar-refractivity contribution in [2.75, 3.05) is 7.11 Å². The molecule has 0 spiro atoms. The van der Waals surface area contributed by atoms with Crippen LogP contribution in [0.25, 0.3) is 0 Å². The molecule has 1 saturated carbocycles.